The number of carbonyl (C=O) groups excluding carboxylic acids is 3. The predicted molar refractivity (Wildman–Crippen MR) is 118 cm³/mol. The zero-order valence-corrected chi connectivity index (χ0v) is 16.8. The summed E-state index contributed by atoms with van der Waals surface area (Å²) in [6.07, 6.45) is 0.543. The Balaban J connectivity index is 1.64. The number of fused-ring (bicyclic) bond motifs is 1. The van der Waals surface area contributed by atoms with Gasteiger partial charge in [-0.25, -0.2) is 4.79 Å². The summed E-state index contributed by atoms with van der Waals surface area (Å²) < 4.78 is 5.69. The second kappa shape index (κ2) is 8.67. The third-order valence-corrected chi connectivity index (χ3v) is 4.86. The molecule has 0 aliphatic carbocycles. The molecule has 0 spiro atoms. The predicted octanol–water partition coefficient (Wildman–Crippen LogP) is 4.91. The summed E-state index contributed by atoms with van der Waals surface area (Å²) in [5, 5.41) is 3.41. The molecule has 4 aromatic rings. The molecule has 1 atom stereocenters. The molecule has 4 rings (SSSR count). The van der Waals surface area contributed by atoms with E-state index < -0.39 is 12.1 Å². The largest absolute Gasteiger partial charge is 0.445 e. The summed E-state index contributed by atoms with van der Waals surface area (Å²) in [4.78, 5) is 40.5. The molecular weight excluding hydrogens is 392 g/mol. The third-order valence-electron chi connectivity index (χ3n) is 4.86. The van der Waals surface area contributed by atoms with Crippen LogP contribution in [0.2, 0.25) is 0 Å². The number of rotatable bonds is 6. The highest BCUT2D eigenvalue weighted by Crippen LogP contribution is 2.28. The molecule has 2 N–H and O–H groups in total. The van der Waals surface area contributed by atoms with Crippen LogP contribution in [0, 0.1) is 0 Å². The molecule has 0 saturated carbocycles. The normalized spacial score (nSPS) is 11.6. The Labute approximate surface area is 178 Å². The molecule has 3 aromatic carbocycles. The fourth-order valence-corrected chi connectivity index (χ4v) is 3.39. The van der Waals surface area contributed by atoms with E-state index in [2.05, 4.69) is 10.3 Å². The molecule has 6 heteroatoms. The first kappa shape index (κ1) is 20.1. The van der Waals surface area contributed by atoms with E-state index in [0.717, 1.165) is 10.9 Å². The molecule has 0 saturated heterocycles. The Hall–Kier alpha value is -4.19. The van der Waals surface area contributed by atoms with E-state index >= 15 is 0 Å². The van der Waals surface area contributed by atoms with Crippen LogP contribution in [-0.2, 0) is 9.53 Å². The maximum absolute atomic E-state index is 13.4. The van der Waals surface area contributed by atoms with Crippen molar-refractivity contribution in [3.05, 3.63) is 102 Å². The van der Waals surface area contributed by atoms with Crippen LogP contribution in [0.1, 0.15) is 39.3 Å². The van der Waals surface area contributed by atoms with Crippen molar-refractivity contribution in [2.24, 2.45) is 0 Å². The monoisotopic (exact) mass is 412 g/mol. The number of hydrogen-bond acceptors (Lipinski definition) is 4. The van der Waals surface area contributed by atoms with E-state index in [1.807, 2.05) is 30.3 Å². The Morgan fingerprint density at radius 2 is 1.55 bits per heavy atom. The summed E-state index contributed by atoms with van der Waals surface area (Å²) in [6.45, 7) is 1.41. The van der Waals surface area contributed by atoms with Crippen molar-refractivity contribution in [1.82, 2.24) is 4.98 Å². The van der Waals surface area contributed by atoms with Gasteiger partial charge in [0.05, 0.1) is 5.56 Å². The van der Waals surface area contributed by atoms with Gasteiger partial charge >= 0.3 is 5.97 Å². The molecule has 0 aliphatic rings. The van der Waals surface area contributed by atoms with E-state index in [9.17, 15) is 14.4 Å². The topological polar surface area (TPSA) is 88.3 Å². The zero-order valence-electron chi connectivity index (χ0n) is 16.8. The van der Waals surface area contributed by atoms with Crippen molar-refractivity contribution < 1.29 is 19.1 Å². The minimum absolute atomic E-state index is 0.205. The van der Waals surface area contributed by atoms with Crippen LogP contribution < -0.4 is 5.32 Å². The van der Waals surface area contributed by atoms with Gasteiger partial charge < -0.3 is 15.0 Å². The van der Waals surface area contributed by atoms with Gasteiger partial charge in [-0.15, -0.1) is 0 Å². The Morgan fingerprint density at radius 1 is 0.871 bits per heavy atom. The molecular formula is C25H20N2O4. The number of hydrogen-bond donors (Lipinski definition) is 2. The lowest BCUT2D eigenvalue weighted by Gasteiger charge is -2.17. The minimum Gasteiger partial charge on any atom is -0.445 e. The molecule has 31 heavy (non-hydrogen) atoms. The van der Waals surface area contributed by atoms with Crippen LogP contribution in [0.5, 0.6) is 0 Å². The molecule has 0 unspecified atom stereocenters. The van der Waals surface area contributed by atoms with Gasteiger partial charge in [0.25, 0.3) is 0 Å². The molecule has 6 nitrogen and oxygen atoms in total. The summed E-state index contributed by atoms with van der Waals surface area (Å²) >= 11 is 0. The van der Waals surface area contributed by atoms with Crippen LogP contribution in [0.25, 0.3) is 10.9 Å². The van der Waals surface area contributed by atoms with E-state index in [-0.39, 0.29) is 17.3 Å². The van der Waals surface area contributed by atoms with Crippen LogP contribution in [-0.4, -0.2) is 22.6 Å². The van der Waals surface area contributed by atoms with E-state index in [1.54, 1.807) is 54.7 Å². The second-order valence-corrected chi connectivity index (χ2v) is 7.07. The Morgan fingerprint density at radius 3 is 2.26 bits per heavy atom. The van der Waals surface area contributed by atoms with Gasteiger partial charge in [0.1, 0.15) is 0 Å². The van der Waals surface area contributed by atoms with Crippen molar-refractivity contribution in [1.29, 1.82) is 0 Å². The number of amides is 1. The number of para-hydroxylation sites is 1. The van der Waals surface area contributed by atoms with E-state index in [0.29, 0.717) is 16.8 Å². The Bertz CT molecular complexity index is 1240. The van der Waals surface area contributed by atoms with Crippen LogP contribution >= 0.6 is 0 Å². The SMILES string of the molecule is CC(=O)Nc1ccc(C(=O)O[C@H](C(=O)c2c[nH]c3ccccc23)c2ccccc2)cc1. The number of aromatic amines is 1. The molecule has 1 aromatic heterocycles. The lowest BCUT2D eigenvalue weighted by atomic mass is 9.99. The maximum Gasteiger partial charge on any atom is 0.339 e. The summed E-state index contributed by atoms with van der Waals surface area (Å²) in [5.41, 5.74) is 2.72. The molecule has 0 bridgehead atoms. The summed E-state index contributed by atoms with van der Waals surface area (Å²) in [5.74, 6) is -1.15. The number of ketones is 1. The molecule has 1 heterocycles. The molecule has 0 radical (unpaired) electrons. The van der Waals surface area contributed by atoms with Crippen LogP contribution in [0.15, 0.2) is 85.1 Å². The number of benzene rings is 3. The fourth-order valence-electron chi connectivity index (χ4n) is 3.39. The van der Waals surface area contributed by atoms with Gasteiger partial charge in [0, 0.05) is 40.8 Å². The number of nitrogens with one attached hydrogen (secondary N) is 2. The Kier molecular flexibility index (Phi) is 5.62. The number of esters is 1. The van der Waals surface area contributed by atoms with Crippen molar-refractivity contribution in [3.8, 4) is 0 Å². The first-order chi connectivity index (χ1) is 15.0. The van der Waals surface area contributed by atoms with Crippen molar-refractivity contribution >= 4 is 34.3 Å². The smallest absolute Gasteiger partial charge is 0.339 e. The third kappa shape index (κ3) is 4.38. The van der Waals surface area contributed by atoms with Gasteiger partial charge in [-0.1, -0.05) is 48.5 Å². The van der Waals surface area contributed by atoms with Crippen molar-refractivity contribution in [2.75, 3.05) is 5.32 Å². The zero-order chi connectivity index (χ0) is 21.8. The van der Waals surface area contributed by atoms with Gasteiger partial charge in [-0.2, -0.15) is 0 Å². The highest BCUT2D eigenvalue weighted by atomic mass is 16.5. The van der Waals surface area contributed by atoms with Gasteiger partial charge in [0.2, 0.25) is 11.7 Å². The van der Waals surface area contributed by atoms with Crippen LogP contribution in [0.4, 0.5) is 5.69 Å². The van der Waals surface area contributed by atoms with Crippen molar-refractivity contribution in [2.45, 2.75) is 13.0 Å². The lowest BCUT2D eigenvalue weighted by molar-refractivity contribution is -0.114. The minimum atomic E-state index is -1.09. The first-order valence-corrected chi connectivity index (χ1v) is 9.77. The summed E-state index contributed by atoms with van der Waals surface area (Å²) in [6, 6.07) is 22.7. The number of Topliss-reactive ketones (excluding diaryl/α,β-unsaturated/α-hetero) is 1. The standard InChI is InChI=1S/C25H20N2O4/c1-16(28)27-19-13-11-18(12-14-19)25(30)31-24(17-7-3-2-4-8-17)23(29)21-15-26-22-10-6-5-9-20(21)22/h2-15,24,26H,1H3,(H,27,28)/t24-/m0/s1. The molecule has 0 fully saturated rings. The van der Waals surface area contributed by atoms with E-state index in [1.165, 1.54) is 6.92 Å². The molecule has 0 aliphatic heterocycles. The molecule has 1 amide bonds. The number of H-pyrrole nitrogens is 1. The van der Waals surface area contributed by atoms with Gasteiger partial charge in [-0.05, 0) is 30.3 Å². The quantitative estimate of drug-likeness (QED) is 0.348. The average Bonchev–Trinajstić information content (AvgIpc) is 3.22. The second-order valence-electron chi connectivity index (χ2n) is 7.07. The maximum atomic E-state index is 13.4. The van der Waals surface area contributed by atoms with Gasteiger partial charge in [-0.3, -0.25) is 9.59 Å². The highest BCUT2D eigenvalue weighted by Gasteiger charge is 2.28. The number of carbonyl (C=O) groups is 3. The van der Waals surface area contributed by atoms with E-state index in [4.69, 9.17) is 4.74 Å². The molecule has 154 valence electrons. The summed E-state index contributed by atoms with van der Waals surface area (Å²) in [7, 11) is 0. The van der Waals surface area contributed by atoms with Crippen LogP contribution in [0.3, 0.4) is 0 Å². The number of anilines is 1. The number of ether oxygens (including phenoxy) is 1. The average molecular weight is 412 g/mol. The highest BCUT2D eigenvalue weighted by molar-refractivity contribution is 6.11. The number of aromatic nitrogens is 1. The van der Waals surface area contributed by atoms with Crippen molar-refractivity contribution in [3.63, 3.8) is 0 Å². The van der Waals surface area contributed by atoms with Gasteiger partial charge in [0.15, 0.2) is 6.10 Å². The lowest BCUT2D eigenvalue weighted by Crippen LogP contribution is -2.20. The first-order valence-electron chi connectivity index (χ1n) is 9.77. The fraction of sp³-hybridized carbons (Fsp3) is 0.0800.